The molecule has 0 saturated heterocycles. The summed E-state index contributed by atoms with van der Waals surface area (Å²) in [6.45, 7) is 5.22. The maximum Gasteiger partial charge on any atom is 0.144 e. The van der Waals surface area contributed by atoms with Crippen molar-refractivity contribution in [1.29, 1.82) is 0 Å². The van der Waals surface area contributed by atoms with Crippen LogP contribution in [0.5, 0.6) is 0 Å². The van der Waals surface area contributed by atoms with Gasteiger partial charge in [-0.1, -0.05) is 25.6 Å². The lowest BCUT2D eigenvalue weighted by molar-refractivity contribution is 0.0487. The molecule has 0 radical (unpaired) electrons. The van der Waals surface area contributed by atoms with Crippen LogP contribution in [-0.4, -0.2) is 23.7 Å². The Kier molecular flexibility index (Phi) is 6.99. The molecule has 6 heteroatoms. The van der Waals surface area contributed by atoms with Gasteiger partial charge >= 0.3 is 0 Å². The molecule has 4 nitrogen and oxygen atoms in total. The highest BCUT2D eigenvalue weighted by Crippen LogP contribution is 2.23. The molecule has 1 aromatic rings. The van der Waals surface area contributed by atoms with Gasteiger partial charge in [-0.25, -0.2) is 4.98 Å². The van der Waals surface area contributed by atoms with Crippen molar-refractivity contribution in [2.24, 2.45) is 0 Å². The molecule has 0 aliphatic rings. The van der Waals surface area contributed by atoms with Crippen LogP contribution in [0.4, 0.5) is 0 Å². The van der Waals surface area contributed by atoms with Crippen LogP contribution in [0.25, 0.3) is 0 Å². The fraction of sp³-hybridized carbons (Fsp3) is 0.667. The van der Waals surface area contributed by atoms with Crippen LogP contribution >= 0.6 is 28.1 Å². The van der Waals surface area contributed by atoms with Crippen molar-refractivity contribution >= 4 is 28.1 Å². The molecule has 0 aromatic carbocycles. The number of hydrogen-bond donors (Lipinski definition) is 1. The Hall–Kier alpha value is -0.300. The molecule has 18 heavy (non-hydrogen) atoms. The van der Waals surface area contributed by atoms with E-state index in [0.717, 1.165) is 28.8 Å². The standard InChI is InChI=1S/C12H19BrN2O2S/c1-4-6-9(17-5-2)11-14-8(7-16-3)10(13)12(18)15-11/h9H,4-7H2,1-3H3,(H,14,15,18). The summed E-state index contributed by atoms with van der Waals surface area (Å²) in [5, 5.41) is 0. The average molecular weight is 335 g/mol. The van der Waals surface area contributed by atoms with E-state index >= 15 is 0 Å². The predicted molar refractivity (Wildman–Crippen MR) is 77.1 cm³/mol. The van der Waals surface area contributed by atoms with Crippen molar-refractivity contribution < 1.29 is 9.47 Å². The van der Waals surface area contributed by atoms with Gasteiger partial charge in [0, 0.05) is 13.7 Å². The summed E-state index contributed by atoms with van der Waals surface area (Å²) in [7, 11) is 1.65. The normalized spacial score (nSPS) is 12.7. The molecule has 0 bridgehead atoms. The molecule has 1 rings (SSSR count). The van der Waals surface area contributed by atoms with E-state index in [1.54, 1.807) is 7.11 Å². The quantitative estimate of drug-likeness (QED) is 0.767. The SMILES string of the molecule is CCCC(OCC)c1nc(=S)c(Br)c(COC)[nH]1. The van der Waals surface area contributed by atoms with E-state index < -0.39 is 0 Å². The Balaban J connectivity index is 3.10. The molecule has 1 aromatic heterocycles. The minimum absolute atomic E-state index is 0.0367. The van der Waals surface area contributed by atoms with Gasteiger partial charge in [-0.2, -0.15) is 0 Å². The molecule has 1 atom stereocenters. The number of rotatable bonds is 7. The lowest BCUT2D eigenvalue weighted by Gasteiger charge is -2.17. The number of ether oxygens (including phenoxy) is 2. The largest absolute Gasteiger partial charge is 0.378 e. The monoisotopic (exact) mass is 334 g/mol. The van der Waals surface area contributed by atoms with Crippen LogP contribution in [0.1, 0.15) is 44.3 Å². The summed E-state index contributed by atoms with van der Waals surface area (Å²) in [4.78, 5) is 7.63. The van der Waals surface area contributed by atoms with Gasteiger partial charge in [0.25, 0.3) is 0 Å². The first-order chi connectivity index (χ1) is 8.63. The van der Waals surface area contributed by atoms with E-state index in [9.17, 15) is 0 Å². The van der Waals surface area contributed by atoms with Crippen LogP contribution < -0.4 is 0 Å². The van der Waals surface area contributed by atoms with Gasteiger partial charge in [-0.3, -0.25) is 0 Å². The molecule has 0 fully saturated rings. The Morgan fingerprint density at radius 2 is 2.17 bits per heavy atom. The van der Waals surface area contributed by atoms with Gasteiger partial charge in [-0.05, 0) is 29.3 Å². The van der Waals surface area contributed by atoms with Crippen LogP contribution in [0.2, 0.25) is 0 Å². The zero-order valence-electron chi connectivity index (χ0n) is 11.0. The number of aromatic amines is 1. The molecule has 0 aliphatic carbocycles. The number of halogens is 1. The molecule has 0 saturated carbocycles. The summed E-state index contributed by atoms with van der Waals surface area (Å²) in [5.74, 6) is 0.777. The molecule has 1 unspecified atom stereocenters. The highest BCUT2D eigenvalue weighted by Gasteiger charge is 2.15. The maximum atomic E-state index is 5.70. The number of nitrogens with zero attached hydrogens (tertiary/aromatic N) is 1. The van der Waals surface area contributed by atoms with Crippen molar-refractivity contribution in [3.05, 3.63) is 20.6 Å². The number of hydrogen-bond acceptors (Lipinski definition) is 4. The van der Waals surface area contributed by atoms with Crippen molar-refractivity contribution in [3.8, 4) is 0 Å². The summed E-state index contributed by atoms with van der Waals surface area (Å²) in [5.41, 5.74) is 0.897. The van der Waals surface area contributed by atoms with E-state index in [4.69, 9.17) is 21.7 Å². The Morgan fingerprint density at radius 3 is 2.72 bits per heavy atom. The van der Waals surface area contributed by atoms with Crippen LogP contribution in [0.3, 0.4) is 0 Å². The van der Waals surface area contributed by atoms with E-state index in [2.05, 4.69) is 32.8 Å². The average Bonchev–Trinajstić information content (AvgIpc) is 2.34. The Bertz CT molecular complexity index is 431. The molecule has 1 heterocycles. The summed E-state index contributed by atoms with van der Waals surface area (Å²) < 4.78 is 12.2. The number of aromatic nitrogens is 2. The lowest BCUT2D eigenvalue weighted by Crippen LogP contribution is -2.11. The van der Waals surface area contributed by atoms with E-state index in [1.165, 1.54) is 0 Å². The van der Waals surface area contributed by atoms with Gasteiger partial charge in [-0.15, -0.1) is 0 Å². The third-order valence-electron chi connectivity index (χ3n) is 2.47. The van der Waals surface area contributed by atoms with Crippen molar-refractivity contribution in [2.45, 2.75) is 39.4 Å². The van der Waals surface area contributed by atoms with Crippen molar-refractivity contribution in [3.63, 3.8) is 0 Å². The molecule has 0 aliphatic heterocycles. The fourth-order valence-electron chi connectivity index (χ4n) is 1.68. The summed E-state index contributed by atoms with van der Waals surface area (Å²) in [6, 6.07) is 0. The third-order valence-corrected chi connectivity index (χ3v) is 3.88. The second kappa shape index (κ2) is 7.99. The Labute approximate surface area is 121 Å². The van der Waals surface area contributed by atoms with Gasteiger partial charge < -0.3 is 14.5 Å². The fourth-order valence-corrected chi connectivity index (χ4v) is 2.21. The van der Waals surface area contributed by atoms with Crippen molar-refractivity contribution in [2.75, 3.05) is 13.7 Å². The summed E-state index contributed by atoms with van der Waals surface area (Å²) >= 11 is 8.66. The van der Waals surface area contributed by atoms with Crippen molar-refractivity contribution in [1.82, 2.24) is 9.97 Å². The van der Waals surface area contributed by atoms with Gasteiger partial charge in [0.2, 0.25) is 0 Å². The zero-order chi connectivity index (χ0) is 13.5. The number of H-pyrrole nitrogens is 1. The van der Waals surface area contributed by atoms with Crippen LogP contribution in [0, 0.1) is 4.64 Å². The molecular weight excluding hydrogens is 316 g/mol. The van der Waals surface area contributed by atoms with Gasteiger partial charge in [0.15, 0.2) is 0 Å². The highest BCUT2D eigenvalue weighted by atomic mass is 79.9. The maximum absolute atomic E-state index is 5.70. The number of nitrogens with one attached hydrogen (secondary N) is 1. The van der Waals surface area contributed by atoms with E-state index in [0.29, 0.717) is 17.9 Å². The first-order valence-corrected chi connectivity index (χ1v) is 7.23. The zero-order valence-corrected chi connectivity index (χ0v) is 13.4. The topological polar surface area (TPSA) is 47.1 Å². The molecule has 0 amide bonds. The molecular formula is C12H19BrN2O2S. The smallest absolute Gasteiger partial charge is 0.144 e. The first-order valence-electron chi connectivity index (χ1n) is 6.03. The summed E-state index contributed by atoms with van der Waals surface area (Å²) in [6.07, 6.45) is 1.91. The minimum atomic E-state index is -0.0367. The highest BCUT2D eigenvalue weighted by molar-refractivity contribution is 9.10. The van der Waals surface area contributed by atoms with Gasteiger partial charge in [0.1, 0.15) is 16.6 Å². The van der Waals surface area contributed by atoms with Gasteiger partial charge in [0.05, 0.1) is 16.8 Å². The molecule has 1 N–H and O–H groups in total. The van der Waals surface area contributed by atoms with E-state index in [1.807, 2.05) is 6.92 Å². The second-order valence-corrected chi connectivity index (χ2v) is 5.07. The lowest BCUT2D eigenvalue weighted by atomic mass is 10.2. The Morgan fingerprint density at radius 1 is 1.44 bits per heavy atom. The second-order valence-electron chi connectivity index (χ2n) is 3.89. The predicted octanol–water partition coefficient (Wildman–Crippen LogP) is 3.93. The van der Waals surface area contributed by atoms with Crippen LogP contribution in [-0.2, 0) is 16.1 Å². The third kappa shape index (κ3) is 4.12. The van der Waals surface area contributed by atoms with Crippen LogP contribution in [0.15, 0.2) is 4.47 Å². The molecule has 102 valence electrons. The minimum Gasteiger partial charge on any atom is -0.378 e. The molecule has 0 spiro atoms. The van der Waals surface area contributed by atoms with E-state index in [-0.39, 0.29) is 6.10 Å². The number of methoxy groups -OCH3 is 1. The first kappa shape index (κ1) is 15.8.